The van der Waals surface area contributed by atoms with Gasteiger partial charge in [-0.05, 0) is 18.9 Å². The van der Waals surface area contributed by atoms with Gasteiger partial charge >= 0.3 is 11.7 Å². The highest BCUT2D eigenvalue weighted by atomic mass is 16.6. The van der Waals surface area contributed by atoms with Gasteiger partial charge in [0, 0.05) is 6.54 Å². The molecule has 2 rings (SSSR count). The molecule has 0 radical (unpaired) electrons. The molecule has 132 valence electrons. The molecule has 1 aromatic heterocycles. The Labute approximate surface area is 143 Å². The maximum atomic E-state index is 11.9. The third kappa shape index (κ3) is 5.41. The summed E-state index contributed by atoms with van der Waals surface area (Å²) in [6.07, 6.45) is 2.48. The standard InChI is InChI=1S/C16H18N4O5/c1-11-3-2-4-12(5-11)6-13(16(22)23)7-17-15(21)10-19-9-14(8-18-19)20(24)25/h2-5,8-9,13H,6-7,10H2,1H3,(H,17,21)(H,22,23). The summed E-state index contributed by atoms with van der Waals surface area (Å²) in [5.74, 6) is -2.23. The first-order valence-corrected chi connectivity index (χ1v) is 7.57. The molecule has 9 nitrogen and oxygen atoms in total. The van der Waals surface area contributed by atoms with E-state index in [1.54, 1.807) is 0 Å². The number of aliphatic carboxylic acids is 1. The number of rotatable bonds is 8. The van der Waals surface area contributed by atoms with Crippen molar-refractivity contribution in [2.75, 3.05) is 6.54 Å². The van der Waals surface area contributed by atoms with Crippen LogP contribution in [0.5, 0.6) is 0 Å². The molecule has 25 heavy (non-hydrogen) atoms. The van der Waals surface area contributed by atoms with Crippen LogP contribution in [0.15, 0.2) is 36.7 Å². The molecular weight excluding hydrogens is 328 g/mol. The van der Waals surface area contributed by atoms with Crippen LogP contribution in [0.25, 0.3) is 0 Å². The van der Waals surface area contributed by atoms with E-state index in [0.29, 0.717) is 6.42 Å². The van der Waals surface area contributed by atoms with Crippen molar-refractivity contribution in [2.24, 2.45) is 5.92 Å². The number of carboxylic acids is 1. The normalized spacial score (nSPS) is 11.7. The molecule has 1 atom stereocenters. The fourth-order valence-corrected chi connectivity index (χ4v) is 2.34. The topological polar surface area (TPSA) is 127 Å². The van der Waals surface area contributed by atoms with E-state index in [2.05, 4.69) is 10.4 Å². The first-order chi connectivity index (χ1) is 11.8. The Morgan fingerprint density at radius 2 is 2.20 bits per heavy atom. The minimum atomic E-state index is -1.00. The molecule has 0 bridgehead atoms. The lowest BCUT2D eigenvalue weighted by atomic mass is 9.98. The van der Waals surface area contributed by atoms with E-state index < -0.39 is 22.7 Å². The minimum absolute atomic E-state index is 0.0362. The zero-order valence-electron chi connectivity index (χ0n) is 13.6. The Balaban J connectivity index is 1.90. The maximum Gasteiger partial charge on any atom is 0.308 e. The van der Waals surface area contributed by atoms with Crippen molar-refractivity contribution in [1.82, 2.24) is 15.1 Å². The molecular formula is C16H18N4O5. The van der Waals surface area contributed by atoms with E-state index in [1.807, 2.05) is 31.2 Å². The van der Waals surface area contributed by atoms with E-state index in [1.165, 1.54) is 0 Å². The number of nitro groups is 1. The fourth-order valence-electron chi connectivity index (χ4n) is 2.34. The fraction of sp³-hybridized carbons (Fsp3) is 0.312. The van der Waals surface area contributed by atoms with Crippen LogP contribution in [0.2, 0.25) is 0 Å². The Hall–Kier alpha value is -3.23. The molecule has 0 saturated heterocycles. The lowest BCUT2D eigenvalue weighted by Crippen LogP contribution is -2.36. The molecule has 0 aliphatic rings. The molecule has 0 fully saturated rings. The number of carboxylic acid groups (broad SMARTS) is 1. The lowest BCUT2D eigenvalue weighted by molar-refractivity contribution is -0.385. The van der Waals surface area contributed by atoms with Gasteiger partial charge in [-0.25, -0.2) is 0 Å². The maximum absolute atomic E-state index is 11.9. The second-order valence-electron chi connectivity index (χ2n) is 5.69. The zero-order valence-corrected chi connectivity index (χ0v) is 13.6. The number of carbonyl (C=O) groups is 2. The molecule has 1 heterocycles. The number of aryl methyl sites for hydroxylation is 1. The Morgan fingerprint density at radius 1 is 1.44 bits per heavy atom. The van der Waals surface area contributed by atoms with Gasteiger partial charge in [-0.1, -0.05) is 29.8 Å². The average Bonchev–Trinajstić information content (AvgIpc) is 3.00. The van der Waals surface area contributed by atoms with Crippen LogP contribution < -0.4 is 5.32 Å². The molecule has 2 aromatic rings. The average molecular weight is 346 g/mol. The number of nitrogens with zero attached hydrogens (tertiary/aromatic N) is 3. The SMILES string of the molecule is Cc1cccc(CC(CNC(=O)Cn2cc([N+](=O)[O-])cn2)C(=O)O)c1. The van der Waals surface area contributed by atoms with Crippen LogP contribution in [0.4, 0.5) is 5.69 Å². The van der Waals surface area contributed by atoms with Crippen molar-refractivity contribution < 1.29 is 19.6 Å². The van der Waals surface area contributed by atoms with Gasteiger partial charge in [0.15, 0.2) is 0 Å². The van der Waals surface area contributed by atoms with Gasteiger partial charge in [-0.15, -0.1) is 0 Å². The highest BCUT2D eigenvalue weighted by Gasteiger charge is 2.19. The molecule has 1 aromatic carbocycles. The summed E-state index contributed by atoms with van der Waals surface area (Å²) in [6, 6.07) is 7.52. The second kappa shape index (κ2) is 8.04. The van der Waals surface area contributed by atoms with E-state index in [4.69, 9.17) is 0 Å². The highest BCUT2D eigenvalue weighted by molar-refractivity contribution is 5.77. The van der Waals surface area contributed by atoms with Crippen molar-refractivity contribution in [3.05, 3.63) is 57.9 Å². The number of carbonyl (C=O) groups excluding carboxylic acids is 1. The summed E-state index contributed by atoms with van der Waals surface area (Å²) < 4.78 is 1.13. The van der Waals surface area contributed by atoms with E-state index in [9.17, 15) is 24.8 Å². The van der Waals surface area contributed by atoms with Gasteiger partial charge in [-0.2, -0.15) is 5.10 Å². The third-order valence-electron chi connectivity index (χ3n) is 3.60. The Kier molecular flexibility index (Phi) is 5.83. The first-order valence-electron chi connectivity index (χ1n) is 7.57. The van der Waals surface area contributed by atoms with Gasteiger partial charge in [0.2, 0.25) is 5.91 Å². The smallest absolute Gasteiger partial charge is 0.308 e. The summed E-state index contributed by atoms with van der Waals surface area (Å²) in [5.41, 5.74) is 1.70. The molecule has 0 saturated carbocycles. The van der Waals surface area contributed by atoms with Gasteiger partial charge < -0.3 is 10.4 Å². The largest absolute Gasteiger partial charge is 0.481 e. The third-order valence-corrected chi connectivity index (χ3v) is 3.60. The summed E-state index contributed by atoms with van der Waals surface area (Å²) in [7, 11) is 0. The minimum Gasteiger partial charge on any atom is -0.481 e. The van der Waals surface area contributed by atoms with Crippen LogP contribution >= 0.6 is 0 Å². The molecule has 0 spiro atoms. The van der Waals surface area contributed by atoms with E-state index >= 15 is 0 Å². The monoisotopic (exact) mass is 346 g/mol. The molecule has 9 heteroatoms. The number of aromatic nitrogens is 2. The van der Waals surface area contributed by atoms with Crippen LogP contribution in [0.1, 0.15) is 11.1 Å². The van der Waals surface area contributed by atoms with Gasteiger partial charge in [0.25, 0.3) is 0 Å². The predicted octanol–water partition coefficient (Wildman–Crippen LogP) is 1.16. The molecule has 1 unspecified atom stereocenters. The van der Waals surface area contributed by atoms with Gasteiger partial charge in [-0.3, -0.25) is 24.4 Å². The van der Waals surface area contributed by atoms with Crippen molar-refractivity contribution in [2.45, 2.75) is 19.9 Å². The molecule has 1 amide bonds. The van der Waals surface area contributed by atoms with Crippen LogP contribution in [0, 0.1) is 23.0 Å². The summed E-state index contributed by atoms with van der Waals surface area (Å²) >= 11 is 0. The second-order valence-corrected chi connectivity index (χ2v) is 5.69. The number of amides is 1. The lowest BCUT2D eigenvalue weighted by Gasteiger charge is -2.14. The number of nitrogens with one attached hydrogen (secondary N) is 1. The predicted molar refractivity (Wildman–Crippen MR) is 87.9 cm³/mol. The Morgan fingerprint density at radius 3 is 2.80 bits per heavy atom. The van der Waals surface area contributed by atoms with E-state index in [-0.39, 0.29) is 18.8 Å². The van der Waals surface area contributed by atoms with Crippen LogP contribution in [0.3, 0.4) is 0 Å². The first kappa shape index (κ1) is 18.1. The van der Waals surface area contributed by atoms with Crippen molar-refractivity contribution in [3.63, 3.8) is 0 Å². The summed E-state index contributed by atoms with van der Waals surface area (Å²) in [6.45, 7) is 1.67. The molecule has 2 N–H and O–H groups in total. The van der Waals surface area contributed by atoms with Crippen LogP contribution in [-0.2, 0) is 22.6 Å². The highest BCUT2D eigenvalue weighted by Crippen LogP contribution is 2.11. The quantitative estimate of drug-likeness (QED) is 0.545. The van der Waals surface area contributed by atoms with Gasteiger partial charge in [0.05, 0.1) is 10.8 Å². The van der Waals surface area contributed by atoms with E-state index in [0.717, 1.165) is 28.2 Å². The number of benzene rings is 1. The molecule has 0 aliphatic heterocycles. The molecule has 0 aliphatic carbocycles. The summed E-state index contributed by atoms with van der Waals surface area (Å²) in [5, 5.41) is 26.2. The Bertz CT molecular complexity index is 786. The van der Waals surface area contributed by atoms with Gasteiger partial charge in [0.1, 0.15) is 18.9 Å². The van der Waals surface area contributed by atoms with Crippen molar-refractivity contribution in [1.29, 1.82) is 0 Å². The summed E-state index contributed by atoms with van der Waals surface area (Å²) in [4.78, 5) is 33.3. The van der Waals surface area contributed by atoms with Crippen molar-refractivity contribution >= 4 is 17.6 Å². The van der Waals surface area contributed by atoms with Crippen LogP contribution in [-0.4, -0.2) is 38.2 Å². The van der Waals surface area contributed by atoms with Crippen molar-refractivity contribution in [3.8, 4) is 0 Å². The number of hydrogen-bond donors (Lipinski definition) is 2. The number of hydrogen-bond acceptors (Lipinski definition) is 5. The zero-order chi connectivity index (χ0) is 18.4.